The average Bonchev–Trinajstić information content (AvgIpc) is 2.47. The van der Waals surface area contributed by atoms with Crippen LogP contribution in [-0.4, -0.2) is 22.5 Å². The summed E-state index contributed by atoms with van der Waals surface area (Å²) in [5.74, 6) is -0.614. The molecule has 5 nitrogen and oxygen atoms in total. The van der Waals surface area contributed by atoms with Crippen LogP contribution in [0.1, 0.15) is 17.3 Å². The Kier molecular flexibility index (Phi) is 2.95. The van der Waals surface area contributed by atoms with E-state index >= 15 is 0 Å². The number of carbonyl (C=O) groups excluding carboxylic acids is 1. The number of hydrogen-bond acceptors (Lipinski definition) is 4. The molecule has 0 bridgehead atoms. The number of carbonyl (C=O) groups is 1. The van der Waals surface area contributed by atoms with E-state index in [-0.39, 0.29) is 17.6 Å². The van der Waals surface area contributed by atoms with Gasteiger partial charge in [0.05, 0.1) is 17.6 Å². The van der Waals surface area contributed by atoms with Crippen molar-refractivity contribution in [2.45, 2.75) is 6.92 Å². The van der Waals surface area contributed by atoms with E-state index in [0.717, 1.165) is 5.39 Å². The first-order valence-electron chi connectivity index (χ1n) is 6.28. The van der Waals surface area contributed by atoms with Gasteiger partial charge in [0.2, 0.25) is 5.43 Å². The second kappa shape index (κ2) is 4.77. The number of nitrogens with zero attached hydrogens (tertiary/aromatic N) is 1. The Labute approximate surface area is 114 Å². The van der Waals surface area contributed by atoms with E-state index in [4.69, 9.17) is 4.74 Å². The number of esters is 1. The SMILES string of the molecule is CCOC(=O)c1c[nH]c2c(ccc3cccnc32)c1=O. The molecule has 0 aliphatic heterocycles. The maximum atomic E-state index is 12.3. The smallest absolute Gasteiger partial charge is 0.343 e. The minimum Gasteiger partial charge on any atom is -0.462 e. The van der Waals surface area contributed by atoms with Crippen LogP contribution in [0, 0.1) is 0 Å². The monoisotopic (exact) mass is 268 g/mol. The lowest BCUT2D eigenvalue weighted by Crippen LogP contribution is -2.18. The number of nitrogens with one attached hydrogen (secondary N) is 1. The van der Waals surface area contributed by atoms with Crippen LogP contribution in [0.4, 0.5) is 0 Å². The van der Waals surface area contributed by atoms with Crippen molar-refractivity contribution in [1.82, 2.24) is 9.97 Å². The molecule has 1 aromatic carbocycles. The molecule has 0 saturated carbocycles. The van der Waals surface area contributed by atoms with Crippen LogP contribution in [0.3, 0.4) is 0 Å². The lowest BCUT2D eigenvalue weighted by atomic mass is 10.1. The lowest BCUT2D eigenvalue weighted by Gasteiger charge is -2.05. The minimum absolute atomic E-state index is 0.00892. The molecule has 0 saturated heterocycles. The summed E-state index contributed by atoms with van der Waals surface area (Å²) < 4.78 is 4.87. The van der Waals surface area contributed by atoms with Crippen molar-refractivity contribution in [3.63, 3.8) is 0 Å². The predicted molar refractivity (Wildman–Crippen MR) is 75.8 cm³/mol. The molecule has 0 amide bonds. The first kappa shape index (κ1) is 12.3. The molecule has 0 fully saturated rings. The molecule has 100 valence electrons. The Hall–Kier alpha value is -2.69. The molecule has 2 aromatic heterocycles. The van der Waals surface area contributed by atoms with Crippen molar-refractivity contribution in [2.24, 2.45) is 0 Å². The van der Waals surface area contributed by atoms with Crippen molar-refractivity contribution in [2.75, 3.05) is 6.61 Å². The van der Waals surface area contributed by atoms with E-state index in [9.17, 15) is 9.59 Å². The molecule has 0 aliphatic rings. The average molecular weight is 268 g/mol. The molecule has 2 heterocycles. The zero-order valence-electron chi connectivity index (χ0n) is 10.8. The standard InChI is InChI=1S/C15H12N2O3/c1-2-20-15(19)11-8-17-13-10(14(11)18)6-5-9-4-3-7-16-12(9)13/h3-8H,2H2,1H3,(H,17,18). The predicted octanol–water partition coefficient (Wildman–Crippen LogP) is 2.25. The van der Waals surface area contributed by atoms with Gasteiger partial charge in [0.25, 0.3) is 0 Å². The topological polar surface area (TPSA) is 72.1 Å². The molecular formula is C15H12N2O3. The van der Waals surface area contributed by atoms with E-state index in [2.05, 4.69) is 9.97 Å². The van der Waals surface area contributed by atoms with Gasteiger partial charge >= 0.3 is 5.97 Å². The fourth-order valence-electron chi connectivity index (χ4n) is 2.20. The summed E-state index contributed by atoms with van der Waals surface area (Å²) in [6.45, 7) is 1.93. The second-order valence-electron chi connectivity index (χ2n) is 4.32. The summed E-state index contributed by atoms with van der Waals surface area (Å²) in [4.78, 5) is 31.3. The summed E-state index contributed by atoms with van der Waals surface area (Å²) in [7, 11) is 0. The van der Waals surface area contributed by atoms with Gasteiger partial charge in [0, 0.05) is 23.2 Å². The number of aromatic amines is 1. The van der Waals surface area contributed by atoms with Gasteiger partial charge in [-0.1, -0.05) is 12.1 Å². The Balaban J connectivity index is 2.32. The number of pyridine rings is 2. The zero-order chi connectivity index (χ0) is 14.1. The van der Waals surface area contributed by atoms with Gasteiger partial charge in [-0.25, -0.2) is 4.79 Å². The third kappa shape index (κ3) is 1.84. The third-order valence-electron chi connectivity index (χ3n) is 3.12. The molecule has 0 atom stereocenters. The van der Waals surface area contributed by atoms with E-state index in [0.29, 0.717) is 16.4 Å². The van der Waals surface area contributed by atoms with Crippen LogP contribution in [0.15, 0.2) is 41.5 Å². The normalized spacial score (nSPS) is 10.8. The molecule has 0 radical (unpaired) electrons. The molecule has 0 aliphatic carbocycles. The van der Waals surface area contributed by atoms with Crippen LogP contribution in [0.5, 0.6) is 0 Å². The first-order chi connectivity index (χ1) is 9.72. The highest BCUT2D eigenvalue weighted by Gasteiger charge is 2.15. The highest BCUT2D eigenvalue weighted by Crippen LogP contribution is 2.19. The van der Waals surface area contributed by atoms with Crippen LogP contribution in [0.25, 0.3) is 21.8 Å². The van der Waals surface area contributed by atoms with E-state index in [1.165, 1.54) is 6.20 Å². The summed E-state index contributed by atoms with van der Waals surface area (Å²) in [5.41, 5.74) is 0.998. The third-order valence-corrected chi connectivity index (χ3v) is 3.12. The minimum atomic E-state index is -0.614. The van der Waals surface area contributed by atoms with Gasteiger partial charge in [0.15, 0.2) is 0 Å². The molecular weight excluding hydrogens is 256 g/mol. The van der Waals surface area contributed by atoms with E-state index in [1.807, 2.05) is 18.2 Å². The van der Waals surface area contributed by atoms with Gasteiger partial charge in [0.1, 0.15) is 5.56 Å². The van der Waals surface area contributed by atoms with Crippen LogP contribution >= 0.6 is 0 Å². The van der Waals surface area contributed by atoms with Gasteiger partial charge in [-0.05, 0) is 19.1 Å². The van der Waals surface area contributed by atoms with Crippen molar-refractivity contribution >= 4 is 27.8 Å². The highest BCUT2D eigenvalue weighted by atomic mass is 16.5. The molecule has 1 N–H and O–H groups in total. The molecule has 5 heteroatoms. The van der Waals surface area contributed by atoms with Gasteiger partial charge in [-0.15, -0.1) is 0 Å². The quantitative estimate of drug-likeness (QED) is 0.571. The summed E-state index contributed by atoms with van der Waals surface area (Å²) in [6.07, 6.45) is 3.05. The van der Waals surface area contributed by atoms with Crippen LogP contribution in [0.2, 0.25) is 0 Å². The summed E-state index contributed by atoms with van der Waals surface area (Å²) in [5, 5.41) is 1.36. The number of aromatic nitrogens is 2. The van der Waals surface area contributed by atoms with Crippen LogP contribution in [-0.2, 0) is 4.74 Å². The number of benzene rings is 1. The zero-order valence-corrected chi connectivity index (χ0v) is 10.8. The number of rotatable bonds is 2. The van der Waals surface area contributed by atoms with E-state index < -0.39 is 5.97 Å². The fraction of sp³-hybridized carbons (Fsp3) is 0.133. The van der Waals surface area contributed by atoms with Gasteiger partial charge in [-0.3, -0.25) is 9.78 Å². The first-order valence-corrected chi connectivity index (χ1v) is 6.28. The number of ether oxygens (including phenoxy) is 1. The molecule has 0 unspecified atom stereocenters. The van der Waals surface area contributed by atoms with Crippen molar-refractivity contribution in [3.05, 3.63) is 52.4 Å². The molecule has 3 aromatic rings. The Morgan fingerprint density at radius 2 is 2.20 bits per heavy atom. The largest absolute Gasteiger partial charge is 0.462 e. The lowest BCUT2D eigenvalue weighted by molar-refractivity contribution is 0.0524. The Bertz CT molecular complexity index is 868. The van der Waals surface area contributed by atoms with Gasteiger partial charge < -0.3 is 9.72 Å². The maximum absolute atomic E-state index is 12.3. The summed E-state index contributed by atoms with van der Waals surface area (Å²) >= 11 is 0. The molecule has 3 rings (SSSR count). The number of fused-ring (bicyclic) bond motifs is 3. The fourth-order valence-corrected chi connectivity index (χ4v) is 2.20. The van der Waals surface area contributed by atoms with E-state index in [1.54, 1.807) is 19.2 Å². The number of H-pyrrole nitrogens is 1. The summed E-state index contributed by atoms with van der Waals surface area (Å²) in [6, 6.07) is 7.26. The Morgan fingerprint density at radius 3 is 3.00 bits per heavy atom. The number of hydrogen-bond donors (Lipinski definition) is 1. The molecule has 0 spiro atoms. The van der Waals surface area contributed by atoms with Crippen molar-refractivity contribution in [3.8, 4) is 0 Å². The van der Waals surface area contributed by atoms with Crippen LogP contribution < -0.4 is 5.43 Å². The highest BCUT2D eigenvalue weighted by molar-refractivity contribution is 6.04. The second-order valence-corrected chi connectivity index (χ2v) is 4.32. The Morgan fingerprint density at radius 1 is 1.35 bits per heavy atom. The van der Waals surface area contributed by atoms with Crippen molar-refractivity contribution < 1.29 is 9.53 Å². The van der Waals surface area contributed by atoms with Crippen molar-refractivity contribution in [1.29, 1.82) is 0 Å². The van der Waals surface area contributed by atoms with Gasteiger partial charge in [-0.2, -0.15) is 0 Å². The molecule has 20 heavy (non-hydrogen) atoms. The maximum Gasteiger partial charge on any atom is 0.343 e.